The van der Waals surface area contributed by atoms with Gasteiger partial charge in [-0.15, -0.1) is 11.8 Å². The van der Waals surface area contributed by atoms with Gasteiger partial charge in [-0.2, -0.15) is 0 Å². The third-order valence-corrected chi connectivity index (χ3v) is 9.88. The molecule has 0 aliphatic heterocycles. The number of aromatic hydroxyl groups is 1. The number of phenolic OH excluding ortho intramolecular Hbond substituents is 1. The average molecular weight is 585 g/mol. The Hall–Kier alpha value is -2.58. The molecule has 0 spiro atoms. The largest absolute Gasteiger partial charge is 0.508 e. The molecule has 0 radical (unpaired) electrons. The lowest BCUT2D eigenvalue weighted by molar-refractivity contribution is -0.132. The zero-order valence-electron chi connectivity index (χ0n) is 24.7. The molecule has 0 saturated heterocycles. The fourth-order valence-corrected chi connectivity index (χ4v) is 7.58. The highest BCUT2D eigenvalue weighted by Crippen LogP contribution is 2.47. The fraction of sp³-hybridized carbons (Fsp3) is 0.576. The smallest absolute Gasteiger partial charge is 0.252 e. The summed E-state index contributed by atoms with van der Waals surface area (Å²) >= 11 is 1.44. The summed E-state index contributed by atoms with van der Waals surface area (Å²) in [5.74, 6) is 0.692. The predicted octanol–water partition coefficient (Wildman–Crippen LogP) is 6.23. The Morgan fingerprint density at radius 1 is 1.05 bits per heavy atom. The van der Waals surface area contributed by atoms with Crippen molar-refractivity contribution in [1.29, 1.82) is 0 Å². The van der Waals surface area contributed by atoms with E-state index in [2.05, 4.69) is 10.6 Å². The minimum atomic E-state index is -0.889. The summed E-state index contributed by atoms with van der Waals surface area (Å²) in [6, 6.07) is 10.3. The van der Waals surface area contributed by atoms with Crippen LogP contribution in [0.25, 0.3) is 0 Å². The molecule has 0 heterocycles. The van der Waals surface area contributed by atoms with E-state index in [1.807, 2.05) is 20.8 Å². The lowest BCUT2D eigenvalue weighted by Gasteiger charge is -2.45. The predicted molar refractivity (Wildman–Crippen MR) is 161 cm³/mol. The fourth-order valence-electron chi connectivity index (χ4n) is 6.58. The number of hydrogen-bond acceptors (Lipinski definition) is 5. The first-order valence-electron chi connectivity index (χ1n) is 14.9. The van der Waals surface area contributed by atoms with Gasteiger partial charge in [0.15, 0.2) is 0 Å². The Bertz CT molecular complexity index is 1200. The Kier molecular flexibility index (Phi) is 10.4. The number of halogens is 1. The minimum absolute atomic E-state index is 0.00410. The van der Waals surface area contributed by atoms with Gasteiger partial charge in [0, 0.05) is 33.2 Å². The molecular weight excluding hydrogens is 539 g/mol. The van der Waals surface area contributed by atoms with Crippen molar-refractivity contribution in [2.75, 3.05) is 5.75 Å². The van der Waals surface area contributed by atoms with Crippen LogP contribution in [0.5, 0.6) is 5.75 Å². The Morgan fingerprint density at radius 2 is 1.71 bits per heavy atom. The second-order valence-corrected chi connectivity index (χ2v) is 14.1. The van der Waals surface area contributed by atoms with Crippen LogP contribution in [0.3, 0.4) is 0 Å². The number of aliphatic hydroxyl groups is 1. The molecule has 2 fully saturated rings. The lowest BCUT2D eigenvalue weighted by Crippen LogP contribution is -2.51. The van der Waals surface area contributed by atoms with E-state index in [1.54, 1.807) is 31.2 Å². The number of fused-ring (bicyclic) bond motifs is 1. The van der Waals surface area contributed by atoms with Crippen molar-refractivity contribution >= 4 is 23.6 Å². The van der Waals surface area contributed by atoms with Crippen molar-refractivity contribution < 1.29 is 24.2 Å². The zero-order valence-corrected chi connectivity index (χ0v) is 25.5. The molecule has 8 heteroatoms. The van der Waals surface area contributed by atoms with E-state index in [-0.39, 0.29) is 40.8 Å². The number of phenols is 1. The molecule has 0 aromatic heterocycles. The van der Waals surface area contributed by atoms with Gasteiger partial charge in [-0.05, 0) is 101 Å². The maximum atomic E-state index is 13.5. The molecule has 6 nitrogen and oxygen atoms in total. The van der Waals surface area contributed by atoms with Crippen LogP contribution in [0.2, 0.25) is 0 Å². The molecule has 41 heavy (non-hydrogen) atoms. The summed E-state index contributed by atoms with van der Waals surface area (Å²) in [5, 5.41) is 28.0. The van der Waals surface area contributed by atoms with Crippen molar-refractivity contribution in [3.05, 3.63) is 59.4 Å². The normalized spacial score (nSPS) is 24.1. The first kappa shape index (κ1) is 31.4. The van der Waals surface area contributed by atoms with Crippen LogP contribution < -0.4 is 10.6 Å². The van der Waals surface area contributed by atoms with Crippen molar-refractivity contribution in [2.24, 2.45) is 23.7 Å². The molecule has 0 bridgehead atoms. The van der Waals surface area contributed by atoms with Gasteiger partial charge < -0.3 is 20.8 Å². The average Bonchev–Trinajstić information content (AvgIpc) is 2.91. The van der Waals surface area contributed by atoms with E-state index >= 15 is 0 Å². The van der Waals surface area contributed by atoms with Crippen LogP contribution in [0.4, 0.5) is 4.39 Å². The molecule has 4 N–H and O–H groups in total. The van der Waals surface area contributed by atoms with Gasteiger partial charge in [-0.1, -0.05) is 31.7 Å². The number of benzene rings is 2. The van der Waals surface area contributed by atoms with E-state index in [0.29, 0.717) is 35.1 Å². The molecule has 2 aliphatic rings. The summed E-state index contributed by atoms with van der Waals surface area (Å²) in [6.07, 6.45) is 6.02. The second kappa shape index (κ2) is 13.6. The van der Waals surface area contributed by atoms with E-state index in [0.717, 1.165) is 24.2 Å². The van der Waals surface area contributed by atoms with Crippen LogP contribution in [0.1, 0.15) is 81.6 Å². The van der Waals surface area contributed by atoms with Crippen molar-refractivity contribution in [3.63, 3.8) is 0 Å². The monoisotopic (exact) mass is 584 g/mol. The molecule has 2 amide bonds. The van der Waals surface area contributed by atoms with Crippen LogP contribution in [0, 0.1) is 36.4 Å². The van der Waals surface area contributed by atoms with Gasteiger partial charge in [0.2, 0.25) is 5.91 Å². The Balaban J connectivity index is 1.54. The maximum absolute atomic E-state index is 13.5. The van der Waals surface area contributed by atoms with Crippen LogP contribution in [0.15, 0.2) is 47.4 Å². The number of aliphatic hydroxyl groups excluding tert-OH is 1. The molecule has 2 aliphatic carbocycles. The number of nitrogens with one attached hydrogen (secondary N) is 2. The summed E-state index contributed by atoms with van der Waals surface area (Å²) < 4.78 is 13.5. The summed E-state index contributed by atoms with van der Waals surface area (Å²) in [6.45, 7) is 7.65. The first-order valence-corrected chi connectivity index (χ1v) is 15.9. The molecule has 4 rings (SSSR count). The van der Waals surface area contributed by atoms with E-state index in [9.17, 15) is 24.2 Å². The maximum Gasteiger partial charge on any atom is 0.252 e. The lowest BCUT2D eigenvalue weighted by atomic mass is 9.62. The highest BCUT2D eigenvalue weighted by Gasteiger charge is 2.43. The highest BCUT2D eigenvalue weighted by atomic mass is 32.2. The third kappa shape index (κ3) is 8.48. The molecular formula is C33H45FN2O4S. The number of hydrogen-bond donors (Lipinski definition) is 4. The minimum Gasteiger partial charge on any atom is -0.508 e. The molecule has 2 saturated carbocycles. The highest BCUT2D eigenvalue weighted by molar-refractivity contribution is 7.99. The van der Waals surface area contributed by atoms with E-state index in [1.165, 1.54) is 49.2 Å². The van der Waals surface area contributed by atoms with Crippen LogP contribution in [-0.2, 0) is 4.79 Å². The topological polar surface area (TPSA) is 98.7 Å². The zero-order chi connectivity index (χ0) is 29.7. The van der Waals surface area contributed by atoms with Crippen molar-refractivity contribution in [1.82, 2.24) is 10.6 Å². The standard InChI is InChI=1S/C33H45FN2O4S/c1-20-26(10-7-11-29(20)37)31(39)35-28(19-41-25-14-12-24(34)13-15-25)30(38)18-23-16-21-8-5-6-9-22(21)17-27(23)32(40)36-33(2,3)4/h7,10-15,21-23,27-28,30,37-38H,5-6,8-9,16-19H2,1-4H3,(H,35,39)(H,36,40). The quantitative estimate of drug-likeness (QED) is 0.262. The number of amides is 2. The molecule has 2 aromatic rings. The van der Waals surface area contributed by atoms with Crippen molar-refractivity contribution in [3.8, 4) is 5.75 Å². The second-order valence-electron chi connectivity index (χ2n) is 13.0. The van der Waals surface area contributed by atoms with Gasteiger partial charge in [-0.3, -0.25) is 9.59 Å². The molecule has 224 valence electrons. The van der Waals surface area contributed by atoms with Crippen LogP contribution >= 0.6 is 11.8 Å². The van der Waals surface area contributed by atoms with Gasteiger partial charge >= 0.3 is 0 Å². The third-order valence-electron chi connectivity index (χ3n) is 8.75. The summed E-state index contributed by atoms with van der Waals surface area (Å²) in [5.41, 5.74) is 0.475. The van der Waals surface area contributed by atoms with Gasteiger partial charge in [0.1, 0.15) is 11.6 Å². The van der Waals surface area contributed by atoms with Crippen LogP contribution in [-0.4, -0.2) is 45.5 Å². The van der Waals surface area contributed by atoms with E-state index in [4.69, 9.17) is 0 Å². The molecule has 2 aromatic carbocycles. The number of carbonyl (C=O) groups is 2. The van der Waals surface area contributed by atoms with Gasteiger partial charge in [0.25, 0.3) is 5.91 Å². The molecule has 6 atom stereocenters. The molecule has 6 unspecified atom stereocenters. The SMILES string of the molecule is Cc1c(O)cccc1C(=O)NC(CSc1ccc(F)cc1)C(O)CC1CC2CCCCC2CC1C(=O)NC(C)(C)C. The van der Waals surface area contributed by atoms with Crippen molar-refractivity contribution in [2.45, 2.75) is 95.2 Å². The van der Waals surface area contributed by atoms with E-state index < -0.39 is 12.1 Å². The Labute approximate surface area is 247 Å². The number of thioether (sulfide) groups is 1. The summed E-state index contributed by atoms with van der Waals surface area (Å²) in [7, 11) is 0. The van der Waals surface area contributed by atoms with Gasteiger partial charge in [-0.25, -0.2) is 4.39 Å². The summed E-state index contributed by atoms with van der Waals surface area (Å²) in [4.78, 5) is 27.7. The first-order chi connectivity index (χ1) is 19.4. The Morgan fingerprint density at radius 3 is 2.37 bits per heavy atom. The number of rotatable bonds is 9. The van der Waals surface area contributed by atoms with Gasteiger partial charge in [0.05, 0.1) is 12.1 Å². The number of carbonyl (C=O) groups excluding carboxylic acids is 2.